The van der Waals surface area contributed by atoms with Crippen molar-refractivity contribution in [3.05, 3.63) is 10.4 Å². The summed E-state index contributed by atoms with van der Waals surface area (Å²) in [6.45, 7) is 0.101. The summed E-state index contributed by atoms with van der Waals surface area (Å²) in [7, 11) is 0. The van der Waals surface area contributed by atoms with Crippen LogP contribution in [0.5, 0.6) is 0 Å². The molecule has 2 amide bonds. The predicted molar refractivity (Wildman–Crippen MR) is 79.1 cm³/mol. The van der Waals surface area contributed by atoms with Crippen molar-refractivity contribution in [2.75, 3.05) is 19.6 Å². The fourth-order valence-corrected chi connectivity index (χ4v) is 2.38. The molecule has 0 radical (unpaired) electrons. The molecule has 0 aromatic rings. The van der Waals surface area contributed by atoms with Gasteiger partial charge in [0, 0.05) is 23.9 Å². The molecule has 0 unspecified atom stereocenters. The van der Waals surface area contributed by atoms with Gasteiger partial charge in [0.15, 0.2) is 0 Å². The number of carbonyl (C=O) groups excluding carboxylic acids is 2. The molecule has 0 aromatic carbocycles. The van der Waals surface area contributed by atoms with Gasteiger partial charge in [-0.15, -0.1) is 6.42 Å². The molecule has 0 atom stereocenters. The Morgan fingerprint density at radius 1 is 1.38 bits per heavy atom. The topological polar surface area (TPSA) is 98.2 Å². The molecule has 0 spiro atoms. The highest BCUT2D eigenvalue weighted by atomic mass is 16.2. The summed E-state index contributed by atoms with van der Waals surface area (Å²) in [5.74, 6) is 1.91. The van der Waals surface area contributed by atoms with Crippen molar-refractivity contribution in [2.24, 2.45) is 5.11 Å². The molecule has 1 fully saturated rings. The Balaban J connectivity index is 2.44. The van der Waals surface area contributed by atoms with Crippen LogP contribution in [-0.4, -0.2) is 42.4 Å². The summed E-state index contributed by atoms with van der Waals surface area (Å²) in [4.78, 5) is 27.8. The lowest BCUT2D eigenvalue weighted by Crippen LogP contribution is -2.45. The van der Waals surface area contributed by atoms with Crippen LogP contribution in [0, 0.1) is 12.3 Å². The number of nitrogens with one attached hydrogen (secondary N) is 1. The summed E-state index contributed by atoms with van der Waals surface area (Å²) in [5.41, 5.74) is 8.19. The fraction of sp³-hybridized carbons (Fsp3) is 0.714. The van der Waals surface area contributed by atoms with E-state index in [2.05, 4.69) is 21.3 Å². The molecule has 0 aliphatic heterocycles. The molecule has 0 aromatic heterocycles. The van der Waals surface area contributed by atoms with Crippen LogP contribution in [0.15, 0.2) is 5.11 Å². The normalized spacial score (nSPS) is 14.6. The van der Waals surface area contributed by atoms with Crippen molar-refractivity contribution in [2.45, 2.75) is 44.6 Å². The molecule has 1 saturated carbocycles. The van der Waals surface area contributed by atoms with Crippen LogP contribution in [0.25, 0.3) is 10.4 Å². The minimum Gasteiger partial charge on any atom is -0.352 e. The molecule has 1 aliphatic rings. The number of azide groups is 1. The van der Waals surface area contributed by atoms with Gasteiger partial charge in [0.05, 0.1) is 6.54 Å². The van der Waals surface area contributed by atoms with Crippen LogP contribution in [0.2, 0.25) is 0 Å². The number of rotatable bonds is 7. The van der Waals surface area contributed by atoms with E-state index >= 15 is 0 Å². The summed E-state index contributed by atoms with van der Waals surface area (Å²) in [6, 6.07) is 0.206. The van der Waals surface area contributed by atoms with Crippen molar-refractivity contribution in [1.29, 1.82) is 0 Å². The second-order valence-electron chi connectivity index (χ2n) is 5.06. The largest absolute Gasteiger partial charge is 0.352 e. The van der Waals surface area contributed by atoms with Crippen LogP contribution in [0.4, 0.5) is 0 Å². The maximum atomic E-state index is 12.0. The second kappa shape index (κ2) is 9.67. The van der Waals surface area contributed by atoms with E-state index in [1.54, 1.807) is 0 Å². The highest BCUT2D eigenvalue weighted by molar-refractivity contribution is 5.85. The van der Waals surface area contributed by atoms with E-state index in [4.69, 9.17) is 12.0 Å². The zero-order valence-corrected chi connectivity index (χ0v) is 12.1. The van der Waals surface area contributed by atoms with E-state index in [9.17, 15) is 9.59 Å². The minimum absolute atomic E-state index is 0.0458. The second-order valence-corrected chi connectivity index (χ2v) is 5.06. The number of hydrogen-bond acceptors (Lipinski definition) is 3. The molecule has 114 valence electrons. The first-order valence-corrected chi connectivity index (χ1v) is 7.19. The molecule has 1 aliphatic carbocycles. The van der Waals surface area contributed by atoms with Gasteiger partial charge in [-0.1, -0.05) is 30.3 Å². The SMILES string of the molecule is C#CCN(CC(=O)NC1CCCCC1)C(=O)CCN=[N+]=[N-]. The van der Waals surface area contributed by atoms with E-state index in [1.807, 2.05) is 0 Å². The number of hydrogen-bond donors (Lipinski definition) is 1. The summed E-state index contributed by atoms with van der Waals surface area (Å²) < 4.78 is 0. The quantitative estimate of drug-likeness (QED) is 0.333. The third kappa shape index (κ3) is 6.68. The zero-order valence-electron chi connectivity index (χ0n) is 12.1. The Hall–Kier alpha value is -2.19. The zero-order chi connectivity index (χ0) is 15.5. The van der Waals surface area contributed by atoms with Gasteiger partial charge in [0.1, 0.15) is 6.54 Å². The van der Waals surface area contributed by atoms with E-state index in [-0.39, 0.29) is 43.9 Å². The lowest BCUT2D eigenvalue weighted by molar-refractivity contribution is -0.135. The average molecular weight is 291 g/mol. The van der Waals surface area contributed by atoms with Gasteiger partial charge in [-0.3, -0.25) is 9.59 Å². The Kier molecular flexibility index (Phi) is 7.77. The summed E-state index contributed by atoms with van der Waals surface area (Å²) in [6.07, 6.45) is 10.7. The van der Waals surface area contributed by atoms with Gasteiger partial charge in [0.25, 0.3) is 0 Å². The lowest BCUT2D eigenvalue weighted by Gasteiger charge is -2.25. The molecule has 0 saturated heterocycles. The van der Waals surface area contributed by atoms with Gasteiger partial charge in [-0.2, -0.15) is 0 Å². The molecule has 7 nitrogen and oxygen atoms in total. The van der Waals surface area contributed by atoms with Crippen LogP contribution in [-0.2, 0) is 9.59 Å². The predicted octanol–water partition coefficient (Wildman–Crippen LogP) is 1.60. The van der Waals surface area contributed by atoms with Gasteiger partial charge >= 0.3 is 0 Å². The number of carbonyl (C=O) groups is 2. The van der Waals surface area contributed by atoms with E-state index < -0.39 is 0 Å². The maximum absolute atomic E-state index is 12.0. The van der Waals surface area contributed by atoms with Gasteiger partial charge < -0.3 is 10.2 Å². The van der Waals surface area contributed by atoms with Crippen molar-refractivity contribution < 1.29 is 9.59 Å². The molecular formula is C14H21N5O2. The standard InChI is InChI=1S/C14H21N5O2/c1-2-10-19(14(21)8-9-16-18-15)11-13(20)17-12-6-4-3-5-7-12/h1,12H,3-11H2,(H,17,20). The van der Waals surface area contributed by atoms with E-state index in [0.717, 1.165) is 25.7 Å². The van der Waals surface area contributed by atoms with Crippen molar-refractivity contribution in [3.63, 3.8) is 0 Å². The fourth-order valence-electron chi connectivity index (χ4n) is 2.38. The highest BCUT2D eigenvalue weighted by Crippen LogP contribution is 2.17. The summed E-state index contributed by atoms with van der Waals surface area (Å²) >= 11 is 0. The van der Waals surface area contributed by atoms with Gasteiger partial charge in [-0.25, -0.2) is 0 Å². The molecule has 1 N–H and O–H groups in total. The Morgan fingerprint density at radius 2 is 2.10 bits per heavy atom. The van der Waals surface area contributed by atoms with Crippen molar-refractivity contribution in [1.82, 2.24) is 10.2 Å². The first kappa shape index (κ1) is 16.9. The van der Waals surface area contributed by atoms with Crippen molar-refractivity contribution in [3.8, 4) is 12.3 Å². The van der Waals surface area contributed by atoms with E-state index in [0.29, 0.717) is 0 Å². The Morgan fingerprint density at radius 3 is 2.71 bits per heavy atom. The van der Waals surface area contributed by atoms with Crippen LogP contribution in [0.3, 0.4) is 0 Å². The third-order valence-electron chi connectivity index (χ3n) is 3.43. The first-order valence-electron chi connectivity index (χ1n) is 7.19. The molecular weight excluding hydrogens is 270 g/mol. The van der Waals surface area contributed by atoms with Crippen LogP contribution < -0.4 is 5.32 Å². The molecule has 1 rings (SSSR count). The first-order chi connectivity index (χ1) is 10.2. The van der Waals surface area contributed by atoms with Gasteiger partial charge in [0.2, 0.25) is 11.8 Å². The molecule has 0 bridgehead atoms. The van der Waals surface area contributed by atoms with Crippen LogP contribution in [0.1, 0.15) is 38.5 Å². The molecule has 7 heteroatoms. The monoisotopic (exact) mass is 291 g/mol. The van der Waals surface area contributed by atoms with Gasteiger partial charge in [-0.05, 0) is 18.4 Å². The summed E-state index contributed by atoms with van der Waals surface area (Å²) in [5, 5.41) is 6.25. The highest BCUT2D eigenvalue weighted by Gasteiger charge is 2.19. The maximum Gasteiger partial charge on any atom is 0.239 e. The Labute approximate surface area is 124 Å². The average Bonchev–Trinajstić information content (AvgIpc) is 2.48. The number of terminal acetylenes is 1. The third-order valence-corrected chi connectivity index (χ3v) is 3.43. The van der Waals surface area contributed by atoms with Crippen LogP contribution >= 0.6 is 0 Å². The van der Waals surface area contributed by atoms with E-state index in [1.165, 1.54) is 11.3 Å². The number of amides is 2. The Bertz CT molecular complexity index is 445. The van der Waals surface area contributed by atoms with Crippen molar-refractivity contribution >= 4 is 11.8 Å². The smallest absolute Gasteiger partial charge is 0.239 e. The molecule has 21 heavy (non-hydrogen) atoms. The number of nitrogens with zero attached hydrogens (tertiary/aromatic N) is 4. The molecule has 0 heterocycles. The lowest BCUT2D eigenvalue weighted by atomic mass is 9.95. The minimum atomic E-state index is -0.279.